The number of fused-ring (bicyclic) bond motifs is 1. The van der Waals surface area contributed by atoms with Crippen molar-refractivity contribution in [3.05, 3.63) is 58.1 Å². The second kappa shape index (κ2) is 7.18. The first kappa shape index (κ1) is 16.7. The molecule has 2 aromatic rings. The maximum absolute atomic E-state index is 11.9. The molecule has 0 amide bonds. The van der Waals surface area contributed by atoms with Crippen molar-refractivity contribution in [2.24, 2.45) is 4.99 Å². The van der Waals surface area contributed by atoms with Crippen LogP contribution in [0.25, 0.3) is 0 Å². The number of hydrogen-bond donors (Lipinski definition) is 0. The van der Waals surface area contributed by atoms with E-state index in [1.54, 1.807) is 6.92 Å². The molecular weight excluding hydrogens is 370 g/mol. The summed E-state index contributed by atoms with van der Waals surface area (Å²) in [6.45, 7) is 4.45. The maximum Gasteiger partial charge on any atom is 0.313 e. The fraction of sp³-hybridized carbons (Fsp3) is 0.263. The first-order valence-electron chi connectivity index (χ1n) is 7.85. The summed E-state index contributed by atoms with van der Waals surface area (Å²) in [5.74, 6) is 0.172. The Balaban J connectivity index is 1.91. The molecule has 1 atom stereocenters. The molecule has 0 radical (unpaired) electrons. The summed E-state index contributed by atoms with van der Waals surface area (Å²) in [5.41, 5.74) is 3.51. The van der Waals surface area contributed by atoms with Gasteiger partial charge in [0.2, 0.25) is 0 Å². The van der Waals surface area contributed by atoms with Crippen LogP contribution in [0, 0.1) is 0 Å². The van der Waals surface area contributed by atoms with Crippen molar-refractivity contribution in [3.8, 4) is 5.75 Å². The molecule has 0 saturated carbocycles. The summed E-state index contributed by atoms with van der Waals surface area (Å²) >= 11 is 3.43. The first-order chi connectivity index (χ1) is 11.6. The third-order valence-electron chi connectivity index (χ3n) is 3.92. The van der Waals surface area contributed by atoms with Crippen LogP contribution in [0.3, 0.4) is 0 Å². The summed E-state index contributed by atoms with van der Waals surface area (Å²) in [7, 11) is 0. The molecule has 0 bridgehead atoms. The van der Waals surface area contributed by atoms with Gasteiger partial charge in [0.1, 0.15) is 18.0 Å². The number of halogens is 1. The van der Waals surface area contributed by atoms with Gasteiger partial charge in [0.05, 0.1) is 18.2 Å². The van der Waals surface area contributed by atoms with Crippen molar-refractivity contribution in [2.75, 3.05) is 13.2 Å². The fourth-order valence-corrected chi connectivity index (χ4v) is 2.79. The Hall–Kier alpha value is -2.14. The molecule has 0 fully saturated rings. The average molecular weight is 388 g/mol. The summed E-state index contributed by atoms with van der Waals surface area (Å²) in [6.07, 6.45) is 0. The topological polar surface area (TPSA) is 47.9 Å². The number of carbonyl (C=O) groups excluding carboxylic acids is 1. The molecule has 0 N–H and O–H groups in total. The molecular formula is C19H18BrNO3. The van der Waals surface area contributed by atoms with E-state index in [1.165, 1.54) is 0 Å². The largest absolute Gasteiger partial charge is 0.485 e. The average Bonchev–Trinajstić information content (AvgIpc) is 2.61. The molecule has 4 nitrogen and oxygen atoms in total. The third-order valence-corrected chi connectivity index (χ3v) is 4.45. The Bertz CT molecular complexity index is 784. The van der Waals surface area contributed by atoms with Gasteiger partial charge < -0.3 is 9.47 Å². The van der Waals surface area contributed by atoms with Crippen LogP contribution in [0.5, 0.6) is 5.75 Å². The number of rotatable bonds is 4. The fourth-order valence-electron chi connectivity index (χ4n) is 2.53. The van der Waals surface area contributed by atoms with Crippen LogP contribution in [0.15, 0.2) is 51.9 Å². The third kappa shape index (κ3) is 3.51. The molecule has 5 heteroatoms. The normalized spacial score (nSPS) is 14.2. The Kier molecular flexibility index (Phi) is 5.00. The molecule has 3 rings (SSSR count). The van der Waals surface area contributed by atoms with Gasteiger partial charge in [0.25, 0.3) is 0 Å². The number of benzene rings is 2. The van der Waals surface area contributed by atoms with E-state index in [9.17, 15) is 4.79 Å². The van der Waals surface area contributed by atoms with Crippen molar-refractivity contribution in [2.45, 2.75) is 19.8 Å². The van der Waals surface area contributed by atoms with Crippen LogP contribution in [0.2, 0.25) is 0 Å². The van der Waals surface area contributed by atoms with Crippen molar-refractivity contribution in [1.82, 2.24) is 0 Å². The smallest absolute Gasteiger partial charge is 0.313 e. The molecule has 124 valence electrons. The van der Waals surface area contributed by atoms with Crippen molar-refractivity contribution in [1.29, 1.82) is 0 Å². The van der Waals surface area contributed by atoms with Gasteiger partial charge in [0, 0.05) is 4.47 Å². The highest BCUT2D eigenvalue weighted by Gasteiger charge is 2.20. The summed E-state index contributed by atoms with van der Waals surface area (Å²) in [6, 6.07) is 13.6. The lowest BCUT2D eigenvalue weighted by Gasteiger charge is -2.19. The molecule has 1 aliphatic heterocycles. The zero-order valence-electron chi connectivity index (χ0n) is 13.6. The van der Waals surface area contributed by atoms with E-state index in [0.717, 1.165) is 32.7 Å². The predicted octanol–water partition coefficient (Wildman–Crippen LogP) is 4.63. The van der Waals surface area contributed by atoms with Gasteiger partial charge in [0.15, 0.2) is 0 Å². The number of nitrogens with zero attached hydrogens (tertiary/aromatic N) is 1. The molecule has 0 aliphatic carbocycles. The number of esters is 1. The van der Waals surface area contributed by atoms with Crippen LogP contribution >= 0.6 is 15.9 Å². The highest BCUT2D eigenvalue weighted by Crippen LogP contribution is 2.35. The standard InChI is InChI=1S/C19H18BrNO3/c1-3-23-19(22)12(2)14-6-9-18-16(10-14)21-17(11-24-18)13-4-7-15(20)8-5-13/h4-10,12H,3,11H2,1-2H3. The highest BCUT2D eigenvalue weighted by atomic mass is 79.9. The monoisotopic (exact) mass is 387 g/mol. The molecule has 0 aromatic heterocycles. The second-order valence-corrected chi connectivity index (χ2v) is 6.47. The number of aliphatic imine (C=N–C) groups is 1. The predicted molar refractivity (Wildman–Crippen MR) is 97.3 cm³/mol. The van der Waals surface area contributed by atoms with E-state index >= 15 is 0 Å². The maximum atomic E-state index is 11.9. The minimum Gasteiger partial charge on any atom is -0.485 e. The van der Waals surface area contributed by atoms with E-state index in [0.29, 0.717) is 13.2 Å². The molecule has 1 aliphatic rings. The first-order valence-corrected chi connectivity index (χ1v) is 8.64. The van der Waals surface area contributed by atoms with Crippen LogP contribution in [0.1, 0.15) is 30.9 Å². The van der Waals surface area contributed by atoms with Crippen molar-refractivity contribution in [3.63, 3.8) is 0 Å². The summed E-state index contributed by atoms with van der Waals surface area (Å²) in [5, 5.41) is 0. The van der Waals surface area contributed by atoms with E-state index < -0.39 is 0 Å². The van der Waals surface area contributed by atoms with E-state index in [-0.39, 0.29) is 11.9 Å². The minimum atomic E-state index is -0.330. The lowest BCUT2D eigenvalue weighted by molar-refractivity contribution is -0.144. The second-order valence-electron chi connectivity index (χ2n) is 5.55. The van der Waals surface area contributed by atoms with Gasteiger partial charge in [-0.1, -0.05) is 34.1 Å². The van der Waals surface area contributed by atoms with Gasteiger partial charge in [-0.15, -0.1) is 0 Å². The van der Waals surface area contributed by atoms with Crippen molar-refractivity contribution >= 4 is 33.3 Å². The molecule has 2 aromatic carbocycles. The Labute approximate surface area is 149 Å². The SMILES string of the molecule is CCOC(=O)C(C)c1ccc2c(c1)N=C(c1ccc(Br)cc1)CO2. The Morgan fingerprint density at radius 2 is 2.04 bits per heavy atom. The number of hydrogen-bond acceptors (Lipinski definition) is 4. The van der Waals surface area contributed by atoms with Gasteiger partial charge >= 0.3 is 5.97 Å². The molecule has 0 saturated heterocycles. The molecule has 0 spiro atoms. The van der Waals surface area contributed by atoms with Crippen LogP contribution in [-0.4, -0.2) is 24.9 Å². The van der Waals surface area contributed by atoms with Crippen LogP contribution in [0.4, 0.5) is 5.69 Å². The molecule has 1 heterocycles. The van der Waals surface area contributed by atoms with Crippen LogP contribution in [-0.2, 0) is 9.53 Å². The van der Waals surface area contributed by atoms with E-state index in [1.807, 2.05) is 49.4 Å². The zero-order chi connectivity index (χ0) is 17.1. The zero-order valence-corrected chi connectivity index (χ0v) is 15.2. The van der Waals surface area contributed by atoms with Gasteiger partial charge in [-0.25, -0.2) is 4.99 Å². The van der Waals surface area contributed by atoms with E-state index in [4.69, 9.17) is 14.5 Å². The summed E-state index contributed by atoms with van der Waals surface area (Å²) in [4.78, 5) is 16.7. The van der Waals surface area contributed by atoms with Gasteiger partial charge in [-0.2, -0.15) is 0 Å². The minimum absolute atomic E-state index is 0.230. The number of carbonyl (C=O) groups is 1. The lowest BCUT2D eigenvalue weighted by Crippen LogP contribution is -2.17. The highest BCUT2D eigenvalue weighted by molar-refractivity contribution is 9.10. The summed E-state index contributed by atoms with van der Waals surface area (Å²) < 4.78 is 11.9. The Morgan fingerprint density at radius 1 is 1.29 bits per heavy atom. The lowest BCUT2D eigenvalue weighted by atomic mass is 10.00. The van der Waals surface area contributed by atoms with Gasteiger partial charge in [-0.05, 0) is 49.2 Å². The molecule has 24 heavy (non-hydrogen) atoms. The quantitative estimate of drug-likeness (QED) is 0.718. The van der Waals surface area contributed by atoms with Crippen molar-refractivity contribution < 1.29 is 14.3 Å². The van der Waals surface area contributed by atoms with Gasteiger partial charge in [-0.3, -0.25) is 4.79 Å². The number of ether oxygens (including phenoxy) is 2. The van der Waals surface area contributed by atoms with E-state index in [2.05, 4.69) is 15.9 Å². The van der Waals surface area contributed by atoms with Crippen LogP contribution < -0.4 is 4.74 Å². The Morgan fingerprint density at radius 3 is 2.75 bits per heavy atom. The molecule has 1 unspecified atom stereocenters.